The molecule has 0 saturated carbocycles. The molecular weight excluding hydrogens is 287 g/mol. The van der Waals surface area contributed by atoms with Gasteiger partial charge in [-0.2, -0.15) is 18.3 Å². The van der Waals surface area contributed by atoms with Crippen molar-refractivity contribution in [2.75, 3.05) is 32.2 Å². The van der Waals surface area contributed by atoms with Crippen LogP contribution < -0.4 is 10.6 Å². The molecule has 2 aromatic heterocycles. The predicted molar refractivity (Wildman–Crippen MR) is 71.1 cm³/mol. The Morgan fingerprint density at radius 1 is 1.48 bits per heavy atom. The average molecular weight is 303 g/mol. The molecule has 1 atom stereocenters. The van der Waals surface area contributed by atoms with Crippen LogP contribution in [0.3, 0.4) is 0 Å². The van der Waals surface area contributed by atoms with Gasteiger partial charge < -0.3 is 15.4 Å². The fraction of sp³-hybridized carbons (Fsp3) is 0.500. The average Bonchev–Trinajstić information content (AvgIpc) is 2.82. The van der Waals surface area contributed by atoms with Crippen molar-refractivity contribution >= 4 is 11.3 Å². The van der Waals surface area contributed by atoms with Gasteiger partial charge in [0.05, 0.1) is 6.61 Å². The Morgan fingerprint density at radius 3 is 2.81 bits per heavy atom. The number of aromatic nitrogens is 3. The number of ether oxygens (including phenoxy) is 1. The van der Waals surface area contributed by atoms with E-state index >= 15 is 0 Å². The van der Waals surface area contributed by atoms with Crippen molar-refractivity contribution in [2.45, 2.75) is 12.2 Å². The number of alkyl halides is 3. The fourth-order valence-corrected chi connectivity index (χ4v) is 2.05. The molecule has 0 aliphatic rings. The fourth-order valence-electron chi connectivity index (χ4n) is 2.05. The van der Waals surface area contributed by atoms with Gasteiger partial charge in [-0.3, -0.25) is 0 Å². The maximum atomic E-state index is 12.7. The number of anilines is 1. The highest BCUT2D eigenvalue weighted by Gasteiger charge is 2.34. The van der Waals surface area contributed by atoms with Crippen molar-refractivity contribution in [3.8, 4) is 0 Å². The second kappa shape index (κ2) is 5.86. The second-order valence-corrected chi connectivity index (χ2v) is 4.70. The van der Waals surface area contributed by atoms with Gasteiger partial charge in [0.15, 0.2) is 11.5 Å². The van der Waals surface area contributed by atoms with Gasteiger partial charge >= 0.3 is 6.18 Å². The van der Waals surface area contributed by atoms with Crippen LogP contribution in [-0.4, -0.2) is 47.9 Å². The standard InChI is InChI=1S/C12H16F3N5O/c1-19(6-8(16)7-21-2)11-9-5-10(12(13,14)15)18-20(9)4-3-17-11/h3-5,8H,6-7,16H2,1-2H3. The van der Waals surface area contributed by atoms with E-state index in [1.807, 2.05) is 0 Å². The summed E-state index contributed by atoms with van der Waals surface area (Å²) in [7, 11) is 3.24. The number of nitrogens with zero attached hydrogens (tertiary/aromatic N) is 4. The molecule has 116 valence electrons. The van der Waals surface area contributed by atoms with Gasteiger partial charge in [-0.15, -0.1) is 0 Å². The molecule has 2 rings (SSSR count). The maximum Gasteiger partial charge on any atom is 0.435 e. The molecular formula is C12H16F3N5O. The maximum absolute atomic E-state index is 12.7. The molecule has 0 bridgehead atoms. The zero-order valence-corrected chi connectivity index (χ0v) is 11.6. The lowest BCUT2D eigenvalue weighted by atomic mass is 10.3. The third kappa shape index (κ3) is 3.42. The van der Waals surface area contributed by atoms with Crippen molar-refractivity contribution in [2.24, 2.45) is 5.73 Å². The van der Waals surface area contributed by atoms with Crippen LogP contribution in [0.2, 0.25) is 0 Å². The third-order valence-electron chi connectivity index (χ3n) is 2.91. The zero-order valence-electron chi connectivity index (χ0n) is 11.6. The molecule has 0 aromatic carbocycles. The van der Waals surface area contributed by atoms with Gasteiger partial charge in [0.1, 0.15) is 5.52 Å². The number of rotatable bonds is 5. The second-order valence-electron chi connectivity index (χ2n) is 4.70. The minimum atomic E-state index is -4.49. The van der Waals surface area contributed by atoms with E-state index < -0.39 is 11.9 Å². The molecule has 2 heterocycles. The number of nitrogens with two attached hydrogens (primary N) is 1. The SMILES string of the molecule is COCC(N)CN(C)c1nccn2nc(C(F)(F)F)cc12. The minimum absolute atomic E-state index is 0.271. The molecule has 2 N–H and O–H groups in total. The number of hydrogen-bond acceptors (Lipinski definition) is 5. The summed E-state index contributed by atoms with van der Waals surface area (Å²) in [5.74, 6) is 0.382. The van der Waals surface area contributed by atoms with Crippen LogP contribution in [0, 0.1) is 0 Å². The predicted octanol–water partition coefficient (Wildman–Crippen LogP) is 1.16. The Morgan fingerprint density at radius 2 is 2.19 bits per heavy atom. The smallest absolute Gasteiger partial charge is 0.383 e. The summed E-state index contributed by atoms with van der Waals surface area (Å²) < 4.78 is 44.3. The van der Waals surface area contributed by atoms with E-state index in [0.717, 1.165) is 10.6 Å². The molecule has 0 saturated heterocycles. The summed E-state index contributed by atoms with van der Waals surface area (Å²) in [5.41, 5.74) is 5.17. The molecule has 0 aliphatic heterocycles. The molecule has 0 radical (unpaired) electrons. The third-order valence-corrected chi connectivity index (χ3v) is 2.91. The topological polar surface area (TPSA) is 68.7 Å². The van der Waals surface area contributed by atoms with Crippen LogP contribution >= 0.6 is 0 Å². The van der Waals surface area contributed by atoms with Crippen LogP contribution in [0.1, 0.15) is 5.69 Å². The van der Waals surface area contributed by atoms with Crippen molar-refractivity contribution in [3.05, 3.63) is 24.2 Å². The first-order chi connectivity index (χ1) is 9.82. The molecule has 0 spiro atoms. The van der Waals surface area contributed by atoms with E-state index in [4.69, 9.17) is 10.5 Å². The van der Waals surface area contributed by atoms with Gasteiger partial charge in [0, 0.05) is 45.2 Å². The summed E-state index contributed by atoms with van der Waals surface area (Å²) >= 11 is 0. The summed E-state index contributed by atoms with van der Waals surface area (Å²) in [4.78, 5) is 5.80. The minimum Gasteiger partial charge on any atom is -0.383 e. The molecule has 6 nitrogen and oxygen atoms in total. The van der Waals surface area contributed by atoms with Crippen molar-refractivity contribution < 1.29 is 17.9 Å². The Balaban J connectivity index is 2.33. The van der Waals surface area contributed by atoms with Crippen molar-refractivity contribution in [3.63, 3.8) is 0 Å². The van der Waals surface area contributed by atoms with Crippen LogP contribution in [0.15, 0.2) is 18.5 Å². The first-order valence-electron chi connectivity index (χ1n) is 6.20. The molecule has 0 fully saturated rings. The molecule has 0 aliphatic carbocycles. The normalized spacial score (nSPS) is 13.6. The molecule has 0 amide bonds. The number of hydrogen-bond donors (Lipinski definition) is 1. The van der Waals surface area contributed by atoms with Gasteiger partial charge in [-0.05, 0) is 0 Å². The van der Waals surface area contributed by atoms with Gasteiger partial charge in [-0.1, -0.05) is 0 Å². The van der Waals surface area contributed by atoms with Crippen LogP contribution in [0.5, 0.6) is 0 Å². The zero-order chi connectivity index (χ0) is 15.6. The van der Waals surface area contributed by atoms with Crippen molar-refractivity contribution in [1.29, 1.82) is 0 Å². The van der Waals surface area contributed by atoms with E-state index in [0.29, 0.717) is 19.0 Å². The number of methoxy groups -OCH3 is 1. The van der Waals surface area contributed by atoms with Crippen LogP contribution in [0.4, 0.5) is 19.0 Å². The van der Waals surface area contributed by atoms with E-state index in [-0.39, 0.29) is 11.6 Å². The quantitative estimate of drug-likeness (QED) is 0.897. The first-order valence-corrected chi connectivity index (χ1v) is 6.20. The Labute approximate surface area is 119 Å². The first kappa shape index (κ1) is 15.5. The number of halogens is 3. The lowest BCUT2D eigenvalue weighted by molar-refractivity contribution is -0.141. The van der Waals surface area contributed by atoms with E-state index in [1.54, 1.807) is 11.9 Å². The Kier molecular flexibility index (Phi) is 4.33. The Bertz CT molecular complexity index is 612. The van der Waals surface area contributed by atoms with Gasteiger partial charge in [0.2, 0.25) is 0 Å². The van der Waals surface area contributed by atoms with E-state index in [9.17, 15) is 13.2 Å². The lowest BCUT2D eigenvalue weighted by Gasteiger charge is -2.22. The molecule has 1 unspecified atom stereocenters. The van der Waals surface area contributed by atoms with E-state index in [1.165, 1.54) is 19.5 Å². The highest BCUT2D eigenvalue weighted by Crippen LogP contribution is 2.30. The highest BCUT2D eigenvalue weighted by molar-refractivity contribution is 5.69. The summed E-state index contributed by atoms with van der Waals surface area (Å²) in [6.07, 6.45) is -1.72. The summed E-state index contributed by atoms with van der Waals surface area (Å²) in [6.45, 7) is 0.744. The largest absolute Gasteiger partial charge is 0.435 e. The molecule has 2 aromatic rings. The van der Waals surface area contributed by atoms with Crippen molar-refractivity contribution in [1.82, 2.24) is 14.6 Å². The number of fused-ring (bicyclic) bond motifs is 1. The molecule has 9 heteroatoms. The van der Waals surface area contributed by atoms with Crippen LogP contribution in [0.25, 0.3) is 5.52 Å². The summed E-state index contributed by atoms with van der Waals surface area (Å²) in [5, 5.41) is 3.51. The summed E-state index contributed by atoms with van der Waals surface area (Å²) in [6, 6.07) is 0.702. The van der Waals surface area contributed by atoms with Gasteiger partial charge in [0.25, 0.3) is 0 Å². The highest BCUT2D eigenvalue weighted by atomic mass is 19.4. The van der Waals surface area contributed by atoms with E-state index in [2.05, 4.69) is 10.1 Å². The Hall–Kier alpha value is -1.87. The number of likely N-dealkylation sites (N-methyl/N-ethyl adjacent to an activating group) is 1. The monoisotopic (exact) mass is 303 g/mol. The van der Waals surface area contributed by atoms with Crippen LogP contribution in [-0.2, 0) is 10.9 Å². The molecule has 21 heavy (non-hydrogen) atoms. The lowest BCUT2D eigenvalue weighted by Crippen LogP contribution is -2.38. The van der Waals surface area contributed by atoms with Gasteiger partial charge in [-0.25, -0.2) is 9.50 Å².